The molecule has 3 aromatic rings. The number of benzene rings is 1. The summed E-state index contributed by atoms with van der Waals surface area (Å²) in [6, 6.07) is 10.4. The third kappa shape index (κ3) is 6.41. The lowest BCUT2D eigenvalue weighted by atomic mass is 9.78. The van der Waals surface area contributed by atoms with Gasteiger partial charge < -0.3 is 14.3 Å². The minimum absolute atomic E-state index is 0.0768. The summed E-state index contributed by atoms with van der Waals surface area (Å²) in [5.41, 5.74) is 4.22. The number of aryl methyl sites for hydroxylation is 1. The molecular weight excluding hydrogens is 502 g/mol. The van der Waals surface area contributed by atoms with E-state index in [4.69, 9.17) is 9.15 Å². The first-order chi connectivity index (χ1) is 19.3. The van der Waals surface area contributed by atoms with Crippen molar-refractivity contribution in [2.24, 2.45) is 11.8 Å². The molecule has 0 aliphatic heterocycles. The number of nitrogens with zero attached hydrogens (tertiary/aromatic N) is 3. The van der Waals surface area contributed by atoms with E-state index in [1.54, 1.807) is 19.6 Å². The van der Waals surface area contributed by atoms with Crippen molar-refractivity contribution in [3.63, 3.8) is 0 Å². The van der Waals surface area contributed by atoms with Crippen molar-refractivity contribution in [2.75, 3.05) is 18.6 Å². The molecule has 7 heteroatoms. The highest BCUT2D eigenvalue weighted by Crippen LogP contribution is 2.39. The molecule has 2 fully saturated rings. The topological polar surface area (TPSA) is 88.7 Å². The van der Waals surface area contributed by atoms with Gasteiger partial charge in [-0.05, 0) is 99.5 Å². The molecule has 0 spiro atoms. The van der Waals surface area contributed by atoms with Crippen molar-refractivity contribution in [1.82, 2.24) is 9.97 Å². The lowest BCUT2D eigenvalue weighted by Crippen LogP contribution is -2.42. The van der Waals surface area contributed by atoms with E-state index in [2.05, 4.69) is 48.9 Å². The van der Waals surface area contributed by atoms with Crippen molar-refractivity contribution >= 4 is 11.7 Å². The summed E-state index contributed by atoms with van der Waals surface area (Å²) < 4.78 is 11.1. The second-order valence-electron chi connectivity index (χ2n) is 12.0. The number of methoxy groups -OCH3 is 1. The van der Waals surface area contributed by atoms with E-state index in [-0.39, 0.29) is 23.8 Å². The second-order valence-corrected chi connectivity index (χ2v) is 12.0. The van der Waals surface area contributed by atoms with Crippen LogP contribution in [-0.4, -0.2) is 40.7 Å². The first kappa shape index (κ1) is 28.3. The highest BCUT2D eigenvalue weighted by atomic mass is 16.5. The van der Waals surface area contributed by atoms with Crippen molar-refractivity contribution < 1.29 is 19.1 Å². The van der Waals surface area contributed by atoms with Crippen LogP contribution in [0.25, 0.3) is 11.3 Å². The molecule has 2 aliphatic carbocycles. The van der Waals surface area contributed by atoms with Crippen molar-refractivity contribution in [1.29, 1.82) is 0 Å². The van der Waals surface area contributed by atoms with Crippen LogP contribution < -0.4 is 9.64 Å². The highest BCUT2D eigenvalue weighted by Gasteiger charge is 2.33. The zero-order chi connectivity index (χ0) is 28.2. The molecule has 2 aliphatic rings. The molecule has 1 amide bonds. The first-order valence-electron chi connectivity index (χ1n) is 14.9. The van der Waals surface area contributed by atoms with Gasteiger partial charge in [-0.2, -0.15) is 0 Å². The molecule has 2 saturated carbocycles. The summed E-state index contributed by atoms with van der Waals surface area (Å²) in [4.78, 5) is 25.2. The summed E-state index contributed by atoms with van der Waals surface area (Å²) >= 11 is 0. The number of pyridine rings is 1. The maximum absolute atomic E-state index is 14.0. The fraction of sp³-hybridized carbons (Fsp3) is 0.545. The van der Waals surface area contributed by atoms with E-state index < -0.39 is 0 Å². The molecule has 0 atom stereocenters. The van der Waals surface area contributed by atoms with Gasteiger partial charge in [0.2, 0.25) is 5.91 Å². The predicted molar refractivity (Wildman–Crippen MR) is 157 cm³/mol. The third-order valence-electron chi connectivity index (χ3n) is 8.82. The van der Waals surface area contributed by atoms with Crippen LogP contribution in [0.15, 0.2) is 47.2 Å². The Morgan fingerprint density at radius 3 is 2.48 bits per heavy atom. The third-order valence-corrected chi connectivity index (χ3v) is 8.82. The van der Waals surface area contributed by atoms with Gasteiger partial charge >= 0.3 is 0 Å². The zero-order valence-corrected chi connectivity index (χ0v) is 24.3. The minimum atomic E-state index is -0.293. The number of hydrogen-bond donors (Lipinski definition) is 1. The van der Waals surface area contributed by atoms with Gasteiger partial charge in [-0.25, -0.2) is 9.97 Å². The van der Waals surface area contributed by atoms with Crippen LogP contribution in [0.1, 0.15) is 94.1 Å². The Morgan fingerprint density at radius 2 is 1.82 bits per heavy atom. The van der Waals surface area contributed by atoms with Crippen LogP contribution in [0.2, 0.25) is 0 Å². The number of amides is 1. The number of carbonyl (C=O) groups excluding carboxylic acids is 1. The maximum Gasteiger partial charge on any atom is 0.231 e. The average molecular weight is 546 g/mol. The van der Waals surface area contributed by atoms with Crippen LogP contribution in [-0.2, 0) is 4.79 Å². The molecule has 5 rings (SSSR count). The molecule has 0 saturated heterocycles. The fourth-order valence-electron chi connectivity index (χ4n) is 6.34. The van der Waals surface area contributed by atoms with E-state index in [1.807, 2.05) is 17.0 Å². The average Bonchev–Trinajstić information content (AvgIpc) is 3.47. The number of aliphatic hydroxyl groups is 1. The van der Waals surface area contributed by atoms with Crippen molar-refractivity contribution in [2.45, 2.75) is 90.1 Å². The molecule has 0 radical (unpaired) electrons. The van der Waals surface area contributed by atoms with Crippen LogP contribution in [0, 0.1) is 18.8 Å². The van der Waals surface area contributed by atoms with E-state index in [9.17, 15) is 9.90 Å². The van der Waals surface area contributed by atoms with Crippen LogP contribution in [0.4, 0.5) is 5.82 Å². The quantitative estimate of drug-likeness (QED) is 0.327. The van der Waals surface area contributed by atoms with Crippen LogP contribution >= 0.6 is 0 Å². The number of anilines is 1. The highest BCUT2D eigenvalue weighted by molar-refractivity contribution is 5.94. The molecule has 0 bridgehead atoms. The summed E-state index contributed by atoms with van der Waals surface area (Å²) in [5.74, 6) is 3.52. The number of carbonyl (C=O) groups is 1. The normalized spacial score (nSPS) is 23.2. The Hall–Kier alpha value is -3.19. The van der Waals surface area contributed by atoms with Gasteiger partial charge in [0.1, 0.15) is 23.5 Å². The Balaban J connectivity index is 1.33. The molecule has 40 heavy (non-hydrogen) atoms. The standard InChI is InChI=1S/C33H43N3O4/c1-21(2)32-35-29(20-40-32)27-15-16-34-31(18-27)36(33(38)25-9-12-28(37)13-10-25)19-23-5-7-24(8-6-23)26-11-14-30(39-4)22(3)17-26/h11,14-18,20-21,23-25,28,37H,5-10,12-13,19H2,1-4H3/t23-,24-,25-,28-. The minimum Gasteiger partial charge on any atom is -0.496 e. The van der Waals surface area contributed by atoms with E-state index >= 15 is 0 Å². The fourth-order valence-corrected chi connectivity index (χ4v) is 6.34. The maximum atomic E-state index is 14.0. The monoisotopic (exact) mass is 545 g/mol. The first-order valence-corrected chi connectivity index (χ1v) is 14.9. The molecule has 2 aromatic heterocycles. The van der Waals surface area contributed by atoms with Gasteiger partial charge in [0.25, 0.3) is 0 Å². The number of hydrogen-bond acceptors (Lipinski definition) is 6. The number of ether oxygens (including phenoxy) is 1. The summed E-state index contributed by atoms with van der Waals surface area (Å²) in [7, 11) is 1.72. The Labute approximate surface area is 238 Å². The molecule has 214 valence electrons. The number of aliphatic hydroxyl groups excluding tert-OH is 1. The molecule has 7 nitrogen and oxygen atoms in total. The molecule has 0 unspecified atom stereocenters. The van der Waals surface area contributed by atoms with Gasteiger partial charge in [0, 0.05) is 30.1 Å². The SMILES string of the molecule is COc1ccc([C@H]2CC[C@H](CN(c3cc(-c4coc(C(C)C)n4)ccn3)C(=O)[C@H]3CC[C@H](O)CC3)CC2)cc1C. The van der Waals surface area contributed by atoms with Gasteiger partial charge in [0.05, 0.1) is 13.2 Å². The summed E-state index contributed by atoms with van der Waals surface area (Å²) in [6.45, 7) is 6.88. The van der Waals surface area contributed by atoms with Crippen LogP contribution in [0.3, 0.4) is 0 Å². The number of rotatable bonds is 8. The van der Waals surface area contributed by atoms with E-state index in [1.165, 1.54) is 11.1 Å². The van der Waals surface area contributed by atoms with Gasteiger partial charge in [0.15, 0.2) is 5.89 Å². The largest absolute Gasteiger partial charge is 0.496 e. The van der Waals surface area contributed by atoms with Crippen molar-refractivity contribution in [3.05, 3.63) is 59.8 Å². The second kappa shape index (κ2) is 12.5. The van der Waals surface area contributed by atoms with Gasteiger partial charge in [-0.15, -0.1) is 0 Å². The van der Waals surface area contributed by atoms with Gasteiger partial charge in [-0.1, -0.05) is 26.0 Å². The Bertz CT molecular complexity index is 1290. The smallest absolute Gasteiger partial charge is 0.231 e. The summed E-state index contributed by atoms with van der Waals surface area (Å²) in [5, 5.41) is 10.0. The van der Waals surface area contributed by atoms with Gasteiger partial charge in [-0.3, -0.25) is 9.69 Å². The van der Waals surface area contributed by atoms with E-state index in [0.717, 1.165) is 55.5 Å². The number of oxazole rings is 1. The predicted octanol–water partition coefficient (Wildman–Crippen LogP) is 7.04. The molecular formula is C33H43N3O4. The van der Waals surface area contributed by atoms with Crippen LogP contribution in [0.5, 0.6) is 5.75 Å². The van der Waals surface area contributed by atoms with Crippen molar-refractivity contribution in [3.8, 4) is 17.0 Å². The Morgan fingerprint density at radius 1 is 1.07 bits per heavy atom. The Kier molecular flexibility index (Phi) is 8.89. The van der Waals surface area contributed by atoms with E-state index in [0.29, 0.717) is 42.9 Å². The zero-order valence-electron chi connectivity index (χ0n) is 24.3. The lowest BCUT2D eigenvalue weighted by Gasteiger charge is -2.35. The lowest BCUT2D eigenvalue weighted by molar-refractivity contribution is -0.124. The molecule has 1 N–H and O–H groups in total. The number of aromatic nitrogens is 2. The molecule has 1 aromatic carbocycles. The molecule has 2 heterocycles. The summed E-state index contributed by atoms with van der Waals surface area (Å²) in [6.07, 6.45) is 10.3.